The van der Waals surface area contributed by atoms with Gasteiger partial charge in [-0.2, -0.15) is 0 Å². The number of rotatable bonds is 17. The Balaban J connectivity index is 1.71. The number of thioether (sulfide) groups is 1. The predicted molar refractivity (Wildman–Crippen MR) is 241 cm³/mol. The standard InChI is InChI=1S/C52H61NS/c1-8-12-24-40-53-43(6)30-15-13-18-34-48(28-10-3)51(53)44(7)46(27-9-2)35-26-39-52(38-23-21-31-45(11-4)47-32-16-14-17-33-47)42(5)29-22-25-41-54-50-37-20-19-36-49(50)52/h8-12,14-16,19-25,27-30,32,36-37,41,45H,1-2,4-7,13,17-18,26,31,33-35,38-40H2,3H3/b23-21-,24-12-,28-10-,29-22-,30-15-,41-25+,46-27+,51-48-. The first-order valence-corrected chi connectivity index (χ1v) is 20.5. The molecular formula is C52H61NS. The summed E-state index contributed by atoms with van der Waals surface area (Å²) in [5, 5.41) is 2.18. The van der Waals surface area contributed by atoms with Crippen LogP contribution in [0.1, 0.15) is 76.7 Å². The number of nitrogens with zero attached hydrogens (tertiary/aromatic N) is 1. The van der Waals surface area contributed by atoms with Crippen molar-refractivity contribution in [3.05, 3.63) is 223 Å². The zero-order valence-corrected chi connectivity index (χ0v) is 33.5. The second-order valence-electron chi connectivity index (χ2n) is 14.1. The summed E-state index contributed by atoms with van der Waals surface area (Å²) in [4.78, 5) is 3.59. The van der Waals surface area contributed by atoms with E-state index in [-0.39, 0.29) is 5.41 Å². The summed E-state index contributed by atoms with van der Waals surface area (Å²) < 4.78 is 0. The van der Waals surface area contributed by atoms with Gasteiger partial charge >= 0.3 is 0 Å². The molecule has 2 heterocycles. The van der Waals surface area contributed by atoms with Gasteiger partial charge in [-0.15, -0.1) is 6.58 Å². The minimum atomic E-state index is -0.284. The Morgan fingerprint density at radius 1 is 0.963 bits per heavy atom. The second kappa shape index (κ2) is 22.4. The summed E-state index contributed by atoms with van der Waals surface area (Å²) >= 11 is 1.79. The molecule has 1 nitrogen and oxygen atoms in total. The molecule has 1 aromatic carbocycles. The average Bonchev–Trinajstić information content (AvgIpc) is 3.30. The Hall–Kier alpha value is -4.79. The highest BCUT2D eigenvalue weighted by atomic mass is 32.2. The maximum Gasteiger partial charge on any atom is 0.0516 e. The largest absolute Gasteiger partial charge is 0.337 e. The molecule has 0 N–H and O–H groups in total. The Kier molecular flexibility index (Phi) is 17.4. The summed E-state index contributed by atoms with van der Waals surface area (Å²) in [5.41, 5.74) is 9.25. The van der Waals surface area contributed by atoms with Gasteiger partial charge in [0.25, 0.3) is 0 Å². The Labute approximate surface area is 332 Å². The smallest absolute Gasteiger partial charge is 0.0516 e. The third-order valence-electron chi connectivity index (χ3n) is 10.5. The number of benzene rings is 1. The number of hydrogen-bond acceptors (Lipinski definition) is 2. The first-order valence-electron chi connectivity index (χ1n) is 19.6. The van der Waals surface area contributed by atoms with Gasteiger partial charge in [-0.25, -0.2) is 0 Å². The van der Waals surface area contributed by atoms with Crippen molar-refractivity contribution < 1.29 is 0 Å². The normalized spacial score (nSPS) is 23.4. The summed E-state index contributed by atoms with van der Waals surface area (Å²) in [6.45, 7) is 29.1. The number of hydrogen-bond donors (Lipinski definition) is 0. The molecule has 2 aliphatic heterocycles. The van der Waals surface area contributed by atoms with Crippen LogP contribution < -0.4 is 0 Å². The summed E-state index contributed by atoms with van der Waals surface area (Å²) in [5.74, 6) is 0.355. The highest BCUT2D eigenvalue weighted by molar-refractivity contribution is 8.02. The van der Waals surface area contributed by atoms with Crippen molar-refractivity contribution in [1.29, 1.82) is 0 Å². The maximum absolute atomic E-state index is 4.82. The first-order chi connectivity index (χ1) is 26.4. The van der Waals surface area contributed by atoms with Crippen molar-refractivity contribution in [3.63, 3.8) is 0 Å². The monoisotopic (exact) mass is 731 g/mol. The van der Waals surface area contributed by atoms with Gasteiger partial charge in [0, 0.05) is 28.5 Å². The second-order valence-corrected chi connectivity index (χ2v) is 15.0. The summed E-state index contributed by atoms with van der Waals surface area (Å²) in [7, 11) is 0. The molecule has 0 spiro atoms. The van der Waals surface area contributed by atoms with Gasteiger partial charge in [-0.05, 0) is 117 Å². The Morgan fingerprint density at radius 3 is 2.57 bits per heavy atom. The van der Waals surface area contributed by atoms with Crippen LogP contribution in [0.15, 0.2) is 223 Å². The van der Waals surface area contributed by atoms with Gasteiger partial charge in [-0.1, -0.05) is 172 Å². The van der Waals surface area contributed by atoms with Gasteiger partial charge in [0.05, 0.1) is 5.70 Å². The molecule has 0 fully saturated rings. The minimum Gasteiger partial charge on any atom is -0.337 e. The van der Waals surface area contributed by atoms with E-state index in [1.165, 1.54) is 27.2 Å². The SMILES string of the molecule is C=C/C=C\CN1C(=C)/C=C\CCCC(/C=C\C)=C\1C(=C)/C(=C/C=C)CCCC1(C/C=C\CC(C=C)C2=CC=CCC2)C(=C)/C=C\C=C\Sc2ccccc21. The fourth-order valence-corrected chi connectivity index (χ4v) is 8.54. The van der Waals surface area contributed by atoms with E-state index in [4.69, 9.17) is 13.2 Å². The van der Waals surface area contributed by atoms with Crippen LogP contribution in [-0.4, -0.2) is 11.4 Å². The van der Waals surface area contributed by atoms with Crippen LogP contribution in [0.25, 0.3) is 0 Å². The van der Waals surface area contributed by atoms with Crippen molar-refractivity contribution in [2.24, 2.45) is 5.92 Å². The molecule has 0 radical (unpaired) electrons. The molecule has 1 aliphatic carbocycles. The first kappa shape index (κ1) is 42.0. The zero-order valence-electron chi connectivity index (χ0n) is 32.7. The van der Waals surface area contributed by atoms with Crippen LogP contribution in [-0.2, 0) is 5.41 Å². The van der Waals surface area contributed by atoms with E-state index in [2.05, 4.69) is 159 Å². The lowest BCUT2D eigenvalue weighted by atomic mass is 9.68. The lowest BCUT2D eigenvalue weighted by Crippen LogP contribution is -2.28. The van der Waals surface area contributed by atoms with Gasteiger partial charge in [0.1, 0.15) is 0 Å². The molecule has 54 heavy (non-hydrogen) atoms. The van der Waals surface area contributed by atoms with E-state index >= 15 is 0 Å². The predicted octanol–water partition coefficient (Wildman–Crippen LogP) is 15.0. The topological polar surface area (TPSA) is 3.24 Å². The van der Waals surface area contributed by atoms with E-state index in [1.807, 2.05) is 18.2 Å². The number of allylic oxidation sites excluding steroid dienone is 21. The van der Waals surface area contributed by atoms with Crippen LogP contribution >= 0.6 is 11.8 Å². The molecule has 2 unspecified atom stereocenters. The lowest BCUT2D eigenvalue weighted by Gasteiger charge is -2.37. The molecule has 0 amide bonds. The van der Waals surface area contributed by atoms with E-state index in [0.29, 0.717) is 12.5 Å². The van der Waals surface area contributed by atoms with Crippen LogP contribution in [0, 0.1) is 5.92 Å². The quantitative estimate of drug-likeness (QED) is 0.116. The summed E-state index contributed by atoms with van der Waals surface area (Å²) in [6.07, 6.45) is 48.7. The van der Waals surface area contributed by atoms with E-state index in [0.717, 1.165) is 86.7 Å². The van der Waals surface area contributed by atoms with Crippen LogP contribution in [0.4, 0.5) is 0 Å². The van der Waals surface area contributed by atoms with Crippen LogP contribution in [0.3, 0.4) is 0 Å². The molecule has 0 saturated carbocycles. The average molecular weight is 732 g/mol. The zero-order chi connectivity index (χ0) is 38.6. The van der Waals surface area contributed by atoms with Crippen molar-refractivity contribution >= 4 is 11.8 Å². The van der Waals surface area contributed by atoms with Gasteiger partial charge in [0.2, 0.25) is 0 Å². The van der Waals surface area contributed by atoms with E-state index < -0.39 is 0 Å². The van der Waals surface area contributed by atoms with Crippen molar-refractivity contribution in [2.75, 3.05) is 6.54 Å². The fourth-order valence-electron chi connectivity index (χ4n) is 7.68. The Bertz CT molecular complexity index is 1840. The lowest BCUT2D eigenvalue weighted by molar-refractivity contribution is 0.450. The molecule has 280 valence electrons. The molecular weight excluding hydrogens is 671 g/mol. The van der Waals surface area contributed by atoms with Crippen LogP contribution in [0.2, 0.25) is 0 Å². The molecule has 3 aliphatic rings. The van der Waals surface area contributed by atoms with Gasteiger partial charge < -0.3 is 4.90 Å². The molecule has 1 aromatic rings. The molecule has 0 aromatic heterocycles. The maximum atomic E-state index is 4.82. The fraction of sp³-hybridized carbons (Fsp3) is 0.269. The van der Waals surface area contributed by atoms with E-state index in [9.17, 15) is 0 Å². The summed E-state index contributed by atoms with van der Waals surface area (Å²) in [6, 6.07) is 8.91. The third-order valence-corrected chi connectivity index (χ3v) is 11.5. The molecule has 0 bridgehead atoms. The van der Waals surface area contributed by atoms with Crippen molar-refractivity contribution in [1.82, 2.24) is 4.90 Å². The van der Waals surface area contributed by atoms with Gasteiger partial charge in [-0.3, -0.25) is 0 Å². The third kappa shape index (κ3) is 11.4. The van der Waals surface area contributed by atoms with E-state index in [1.54, 1.807) is 11.8 Å². The minimum absolute atomic E-state index is 0.284. The van der Waals surface area contributed by atoms with Crippen molar-refractivity contribution in [2.45, 2.75) is 81.4 Å². The highest BCUT2D eigenvalue weighted by Gasteiger charge is 2.35. The molecule has 0 saturated heterocycles. The van der Waals surface area contributed by atoms with Crippen LogP contribution in [0.5, 0.6) is 0 Å². The number of fused-ring (bicyclic) bond motifs is 1. The molecule has 2 heteroatoms. The molecule has 4 rings (SSSR count). The highest BCUT2D eigenvalue weighted by Crippen LogP contribution is 2.46. The van der Waals surface area contributed by atoms with Gasteiger partial charge in [0.15, 0.2) is 0 Å². The Morgan fingerprint density at radius 2 is 1.81 bits per heavy atom. The van der Waals surface area contributed by atoms with Crippen molar-refractivity contribution in [3.8, 4) is 0 Å². The molecule has 2 atom stereocenters.